The molecule has 1 aliphatic rings. The van der Waals surface area contributed by atoms with Crippen LogP contribution in [0.15, 0.2) is 18.2 Å². The summed E-state index contributed by atoms with van der Waals surface area (Å²) in [5.74, 6) is -0.273. The highest BCUT2D eigenvalue weighted by Gasteiger charge is 2.31. The Hall–Kier alpha value is -1.58. The van der Waals surface area contributed by atoms with E-state index in [2.05, 4.69) is 19.2 Å². The van der Waals surface area contributed by atoms with Crippen LogP contribution in [0.3, 0.4) is 0 Å². The number of hydrogen-bond donors (Lipinski definition) is 2. The molecule has 0 aromatic heterocycles. The summed E-state index contributed by atoms with van der Waals surface area (Å²) in [6.45, 7) is 4.27. The SMILES string of the molecule is CC1CCC(NC(=O)c2ccc(O)cc2F)C1C. The Kier molecular flexibility index (Phi) is 3.55. The topological polar surface area (TPSA) is 49.3 Å². The van der Waals surface area contributed by atoms with Crippen LogP contribution in [-0.4, -0.2) is 17.1 Å². The highest BCUT2D eigenvalue weighted by molar-refractivity contribution is 5.94. The Morgan fingerprint density at radius 2 is 2.11 bits per heavy atom. The van der Waals surface area contributed by atoms with Gasteiger partial charge in [-0.15, -0.1) is 0 Å². The lowest BCUT2D eigenvalue weighted by Crippen LogP contribution is -2.37. The van der Waals surface area contributed by atoms with E-state index in [0.717, 1.165) is 18.9 Å². The van der Waals surface area contributed by atoms with Crippen molar-refractivity contribution in [3.63, 3.8) is 0 Å². The summed E-state index contributed by atoms with van der Waals surface area (Å²) in [4.78, 5) is 12.0. The molecule has 1 saturated carbocycles. The molecule has 3 nitrogen and oxygen atoms in total. The van der Waals surface area contributed by atoms with Gasteiger partial charge < -0.3 is 10.4 Å². The number of hydrogen-bond acceptors (Lipinski definition) is 2. The zero-order chi connectivity index (χ0) is 13.3. The highest BCUT2D eigenvalue weighted by Crippen LogP contribution is 2.31. The summed E-state index contributed by atoms with van der Waals surface area (Å²) in [6.07, 6.45) is 2.03. The summed E-state index contributed by atoms with van der Waals surface area (Å²) in [6, 6.07) is 3.69. The summed E-state index contributed by atoms with van der Waals surface area (Å²) < 4.78 is 13.5. The molecule has 4 heteroatoms. The van der Waals surface area contributed by atoms with Crippen LogP contribution >= 0.6 is 0 Å². The minimum Gasteiger partial charge on any atom is -0.508 e. The Bertz CT molecular complexity index is 461. The third-order valence-corrected chi connectivity index (χ3v) is 3.98. The molecule has 1 amide bonds. The number of benzene rings is 1. The van der Waals surface area contributed by atoms with Crippen LogP contribution < -0.4 is 5.32 Å². The van der Waals surface area contributed by atoms with Crippen LogP contribution in [0.4, 0.5) is 4.39 Å². The maximum absolute atomic E-state index is 13.5. The lowest BCUT2D eigenvalue weighted by Gasteiger charge is -2.19. The van der Waals surface area contributed by atoms with E-state index in [1.807, 2.05) is 0 Å². The van der Waals surface area contributed by atoms with Crippen molar-refractivity contribution in [3.8, 4) is 5.75 Å². The minimum atomic E-state index is -0.689. The highest BCUT2D eigenvalue weighted by atomic mass is 19.1. The molecule has 1 fully saturated rings. The maximum Gasteiger partial charge on any atom is 0.254 e. The zero-order valence-electron chi connectivity index (χ0n) is 10.6. The van der Waals surface area contributed by atoms with Crippen LogP contribution in [-0.2, 0) is 0 Å². The number of phenolic OH excluding ortho intramolecular Hbond substituents is 1. The second-order valence-corrected chi connectivity index (χ2v) is 5.16. The van der Waals surface area contributed by atoms with Gasteiger partial charge in [0.1, 0.15) is 11.6 Å². The fourth-order valence-corrected chi connectivity index (χ4v) is 2.50. The zero-order valence-corrected chi connectivity index (χ0v) is 10.6. The van der Waals surface area contributed by atoms with Crippen LogP contribution in [0.25, 0.3) is 0 Å². The molecule has 18 heavy (non-hydrogen) atoms. The molecule has 2 N–H and O–H groups in total. The van der Waals surface area contributed by atoms with E-state index in [1.54, 1.807) is 0 Å². The molecule has 3 unspecified atom stereocenters. The molecular formula is C14H18FNO2. The van der Waals surface area contributed by atoms with Gasteiger partial charge in [-0.05, 0) is 36.8 Å². The molecule has 3 atom stereocenters. The normalized spacial score (nSPS) is 27.2. The summed E-state index contributed by atoms with van der Waals surface area (Å²) in [5, 5.41) is 12.0. The number of amides is 1. The van der Waals surface area contributed by atoms with Crippen LogP contribution in [0.1, 0.15) is 37.0 Å². The maximum atomic E-state index is 13.5. The predicted molar refractivity (Wildman–Crippen MR) is 66.9 cm³/mol. The van der Waals surface area contributed by atoms with E-state index >= 15 is 0 Å². The van der Waals surface area contributed by atoms with Crippen molar-refractivity contribution in [2.24, 2.45) is 11.8 Å². The average Bonchev–Trinajstić information content (AvgIpc) is 2.61. The Labute approximate surface area is 106 Å². The van der Waals surface area contributed by atoms with Crippen molar-refractivity contribution in [2.75, 3.05) is 0 Å². The van der Waals surface area contributed by atoms with Gasteiger partial charge in [0.25, 0.3) is 5.91 Å². The van der Waals surface area contributed by atoms with Crippen molar-refractivity contribution in [2.45, 2.75) is 32.7 Å². The Balaban J connectivity index is 2.08. The summed E-state index contributed by atoms with van der Waals surface area (Å²) >= 11 is 0. The van der Waals surface area contributed by atoms with Gasteiger partial charge in [-0.25, -0.2) is 4.39 Å². The number of nitrogens with one attached hydrogen (secondary N) is 1. The lowest BCUT2D eigenvalue weighted by atomic mass is 9.97. The van der Waals surface area contributed by atoms with Crippen LogP contribution in [0.2, 0.25) is 0 Å². The van der Waals surface area contributed by atoms with E-state index in [0.29, 0.717) is 11.8 Å². The van der Waals surface area contributed by atoms with E-state index in [1.165, 1.54) is 12.1 Å². The van der Waals surface area contributed by atoms with Gasteiger partial charge in [0, 0.05) is 12.1 Å². The van der Waals surface area contributed by atoms with Crippen molar-refractivity contribution in [1.29, 1.82) is 0 Å². The van der Waals surface area contributed by atoms with E-state index < -0.39 is 11.7 Å². The molecular weight excluding hydrogens is 233 g/mol. The second-order valence-electron chi connectivity index (χ2n) is 5.16. The Morgan fingerprint density at radius 1 is 1.39 bits per heavy atom. The first kappa shape index (κ1) is 12.9. The van der Waals surface area contributed by atoms with Gasteiger partial charge in [0.15, 0.2) is 0 Å². The van der Waals surface area contributed by atoms with E-state index in [9.17, 15) is 9.18 Å². The van der Waals surface area contributed by atoms with Gasteiger partial charge >= 0.3 is 0 Å². The molecule has 0 aliphatic heterocycles. The standard InChI is InChI=1S/C14H18FNO2/c1-8-3-6-13(9(8)2)16-14(18)11-5-4-10(17)7-12(11)15/h4-5,7-9,13,17H,3,6H2,1-2H3,(H,16,18). The molecule has 0 spiro atoms. The number of rotatable bonds is 2. The molecule has 0 bridgehead atoms. The fraction of sp³-hybridized carbons (Fsp3) is 0.500. The number of phenols is 1. The minimum absolute atomic E-state index is 0.0143. The molecule has 0 heterocycles. The number of aromatic hydroxyl groups is 1. The molecule has 1 aromatic rings. The van der Waals surface area contributed by atoms with Crippen molar-refractivity contribution in [1.82, 2.24) is 5.32 Å². The van der Waals surface area contributed by atoms with Gasteiger partial charge in [-0.2, -0.15) is 0 Å². The predicted octanol–water partition coefficient (Wildman–Crippen LogP) is 2.70. The number of halogens is 1. The van der Waals surface area contributed by atoms with Gasteiger partial charge in [-0.1, -0.05) is 13.8 Å². The van der Waals surface area contributed by atoms with Crippen molar-refractivity contribution >= 4 is 5.91 Å². The molecule has 1 aliphatic carbocycles. The monoisotopic (exact) mass is 251 g/mol. The second kappa shape index (κ2) is 4.96. The fourth-order valence-electron chi connectivity index (χ4n) is 2.50. The molecule has 0 radical (unpaired) electrons. The third kappa shape index (κ3) is 2.47. The van der Waals surface area contributed by atoms with E-state index in [-0.39, 0.29) is 17.4 Å². The largest absolute Gasteiger partial charge is 0.508 e. The molecule has 0 saturated heterocycles. The van der Waals surface area contributed by atoms with Crippen molar-refractivity contribution < 1.29 is 14.3 Å². The van der Waals surface area contributed by atoms with Crippen molar-refractivity contribution in [3.05, 3.63) is 29.6 Å². The van der Waals surface area contributed by atoms with Crippen LogP contribution in [0.5, 0.6) is 5.75 Å². The summed E-state index contributed by atoms with van der Waals surface area (Å²) in [5.41, 5.74) is -0.0143. The average molecular weight is 251 g/mol. The lowest BCUT2D eigenvalue weighted by molar-refractivity contribution is 0.0923. The van der Waals surface area contributed by atoms with Gasteiger partial charge in [0.05, 0.1) is 5.56 Å². The van der Waals surface area contributed by atoms with Gasteiger partial charge in [-0.3, -0.25) is 4.79 Å². The van der Waals surface area contributed by atoms with E-state index in [4.69, 9.17) is 5.11 Å². The number of carbonyl (C=O) groups excluding carboxylic acids is 1. The van der Waals surface area contributed by atoms with Crippen LogP contribution in [0, 0.1) is 17.7 Å². The smallest absolute Gasteiger partial charge is 0.254 e. The van der Waals surface area contributed by atoms with Gasteiger partial charge in [0.2, 0.25) is 0 Å². The first-order chi connectivity index (χ1) is 8.49. The number of carbonyl (C=O) groups is 1. The molecule has 2 rings (SSSR count). The quantitative estimate of drug-likeness (QED) is 0.849. The third-order valence-electron chi connectivity index (χ3n) is 3.98. The molecule has 98 valence electrons. The molecule has 1 aromatic carbocycles. The first-order valence-electron chi connectivity index (χ1n) is 6.28. The Morgan fingerprint density at radius 3 is 2.67 bits per heavy atom. The first-order valence-corrected chi connectivity index (χ1v) is 6.28. The summed E-state index contributed by atoms with van der Waals surface area (Å²) in [7, 11) is 0.